The zero-order valence-electron chi connectivity index (χ0n) is 17.8. The fourth-order valence-corrected chi connectivity index (χ4v) is 4.91. The minimum absolute atomic E-state index is 0.126. The van der Waals surface area contributed by atoms with Crippen molar-refractivity contribution in [3.8, 4) is 0 Å². The van der Waals surface area contributed by atoms with Gasteiger partial charge in [0.2, 0.25) is 0 Å². The van der Waals surface area contributed by atoms with Crippen LogP contribution < -0.4 is 10.3 Å². The summed E-state index contributed by atoms with van der Waals surface area (Å²) >= 11 is 16.7. The first-order chi connectivity index (χ1) is 15.0. The molecule has 2 aromatic rings. The van der Waals surface area contributed by atoms with E-state index in [-0.39, 0.29) is 11.6 Å². The molecule has 0 spiro atoms. The molecule has 172 valence electrons. The summed E-state index contributed by atoms with van der Waals surface area (Å²) in [6.07, 6.45) is 2.64. The van der Waals surface area contributed by atoms with Crippen LogP contribution in [0.1, 0.15) is 25.5 Å². The first-order valence-corrected chi connectivity index (χ1v) is 11.8. The molecule has 11 heteroatoms. The minimum Gasteiger partial charge on any atom is -0.478 e. The molecule has 0 radical (unpaired) electrons. The Labute approximate surface area is 209 Å². The Morgan fingerprint density at radius 3 is 2.44 bits per heavy atom. The standard InChI is InChI=1S/C21H23BrCl2N4O3S/c1-12(2)28(21(22)25-3)16(10-18(29)30)19(13-5-7-14(23)8-6-13)26-32-17-9-15(24)11-27(4)20(17)31/h5-12,19,26H,1-4H3,(H,29,30)/b16-10+,25-21-. The first-order valence-electron chi connectivity index (χ1n) is 9.45. The normalized spacial score (nSPS) is 13.4. The van der Waals surface area contributed by atoms with Crippen molar-refractivity contribution in [3.05, 3.63) is 74.3 Å². The van der Waals surface area contributed by atoms with Gasteiger partial charge in [-0.2, -0.15) is 0 Å². The lowest BCUT2D eigenvalue weighted by Gasteiger charge is -2.34. The summed E-state index contributed by atoms with van der Waals surface area (Å²) < 4.78 is 5.09. The molecular formula is C21H23BrCl2N4O3S. The van der Waals surface area contributed by atoms with Crippen molar-refractivity contribution >= 4 is 61.8 Å². The number of carboxylic acid groups (broad SMARTS) is 1. The van der Waals surface area contributed by atoms with E-state index in [1.54, 1.807) is 49.3 Å². The van der Waals surface area contributed by atoms with E-state index in [9.17, 15) is 14.7 Å². The van der Waals surface area contributed by atoms with Crippen molar-refractivity contribution < 1.29 is 9.90 Å². The quantitative estimate of drug-likeness (QED) is 0.153. The van der Waals surface area contributed by atoms with Crippen molar-refractivity contribution in [3.63, 3.8) is 0 Å². The zero-order valence-corrected chi connectivity index (χ0v) is 21.8. The molecule has 2 rings (SSSR count). The molecule has 7 nitrogen and oxygen atoms in total. The van der Waals surface area contributed by atoms with Gasteiger partial charge in [-0.05, 0) is 65.5 Å². The summed E-state index contributed by atoms with van der Waals surface area (Å²) in [7, 11) is 3.22. The summed E-state index contributed by atoms with van der Waals surface area (Å²) in [6.45, 7) is 3.84. The number of carboxylic acids is 1. The highest BCUT2D eigenvalue weighted by Crippen LogP contribution is 2.32. The van der Waals surface area contributed by atoms with Crippen LogP contribution in [0, 0.1) is 0 Å². The molecule has 1 aromatic heterocycles. The summed E-state index contributed by atoms with van der Waals surface area (Å²) in [5, 5.41) is 10.6. The number of nitrogens with zero attached hydrogens (tertiary/aromatic N) is 3. The van der Waals surface area contributed by atoms with Gasteiger partial charge in [0.05, 0.1) is 16.0 Å². The summed E-state index contributed by atoms with van der Waals surface area (Å²) in [5.41, 5.74) is 0.927. The second kappa shape index (κ2) is 11.9. The number of pyridine rings is 1. The highest BCUT2D eigenvalue weighted by molar-refractivity contribution is 9.18. The lowest BCUT2D eigenvalue weighted by Crippen LogP contribution is -2.38. The molecule has 1 unspecified atom stereocenters. The molecule has 0 saturated carbocycles. The van der Waals surface area contributed by atoms with Gasteiger partial charge in [0.1, 0.15) is 0 Å². The number of amidine groups is 1. The number of hydrogen-bond donors (Lipinski definition) is 2. The molecule has 0 fully saturated rings. The fourth-order valence-electron chi connectivity index (χ4n) is 2.94. The number of rotatable bonds is 8. The number of aryl methyl sites for hydroxylation is 1. The average Bonchev–Trinajstić information content (AvgIpc) is 2.71. The molecule has 0 aliphatic rings. The summed E-state index contributed by atoms with van der Waals surface area (Å²) in [6, 6.07) is 7.83. The van der Waals surface area contributed by atoms with Crippen molar-refractivity contribution in [1.82, 2.24) is 14.2 Å². The number of hydrogen-bond acceptors (Lipinski definition) is 5. The number of carbonyl (C=O) groups is 1. The van der Waals surface area contributed by atoms with Crippen LogP contribution in [0.2, 0.25) is 10.0 Å². The van der Waals surface area contributed by atoms with E-state index in [4.69, 9.17) is 23.2 Å². The van der Waals surface area contributed by atoms with Crippen LogP contribution in [0.15, 0.2) is 63.0 Å². The van der Waals surface area contributed by atoms with E-state index >= 15 is 0 Å². The number of aromatic nitrogens is 1. The number of aliphatic imine (C=N–C) groups is 1. The Morgan fingerprint density at radius 1 is 1.28 bits per heavy atom. The predicted octanol–water partition coefficient (Wildman–Crippen LogP) is 5.09. The maximum atomic E-state index is 12.5. The van der Waals surface area contributed by atoms with Crippen molar-refractivity contribution in [2.75, 3.05) is 7.05 Å². The van der Waals surface area contributed by atoms with Crippen LogP contribution >= 0.6 is 51.1 Å². The maximum Gasteiger partial charge on any atom is 0.330 e. The van der Waals surface area contributed by atoms with E-state index in [0.29, 0.717) is 25.4 Å². The number of nitrogens with one attached hydrogen (secondary N) is 1. The SMILES string of the molecule is C/N=C(/Br)N(/C(=C/C(=O)O)C(NSc1cc(Cl)cn(C)c1=O)c1ccc(Cl)cc1)C(C)C. The molecule has 1 heterocycles. The number of aliphatic carboxylic acids is 1. The third-order valence-corrected chi connectivity index (χ3v) is 6.41. The van der Waals surface area contributed by atoms with E-state index in [1.807, 2.05) is 13.8 Å². The predicted molar refractivity (Wildman–Crippen MR) is 135 cm³/mol. The minimum atomic E-state index is -1.12. The molecule has 1 atom stereocenters. The second-order valence-corrected chi connectivity index (χ2v) is 9.47. The molecule has 0 amide bonds. The van der Waals surface area contributed by atoms with Gasteiger partial charge in [0.15, 0.2) is 4.74 Å². The van der Waals surface area contributed by atoms with E-state index < -0.39 is 12.0 Å². The smallest absolute Gasteiger partial charge is 0.330 e. The van der Waals surface area contributed by atoms with Gasteiger partial charge < -0.3 is 14.6 Å². The van der Waals surface area contributed by atoms with E-state index in [1.165, 1.54) is 10.8 Å². The Morgan fingerprint density at radius 2 is 1.91 bits per heavy atom. The molecule has 0 aliphatic heterocycles. The topological polar surface area (TPSA) is 86.9 Å². The third kappa shape index (κ3) is 6.86. The van der Waals surface area contributed by atoms with Gasteiger partial charge in [0.25, 0.3) is 5.56 Å². The Bertz CT molecular complexity index is 1090. The van der Waals surface area contributed by atoms with E-state index in [0.717, 1.165) is 23.6 Å². The van der Waals surface area contributed by atoms with Gasteiger partial charge >= 0.3 is 5.97 Å². The zero-order chi connectivity index (χ0) is 24.0. The molecule has 1 aromatic carbocycles. The van der Waals surface area contributed by atoms with Crippen LogP contribution in [0.25, 0.3) is 0 Å². The highest BCUT2D eigenvalue weighted by atomic mass is 79.9. The Balaban J connectivity index is 2.61. The van der Waals surface area contributed by atoms with Gasteiger partial charge in [-0.15, -0.1) is 0 Å². The van der Waals surface area contributed by atoms with Gasteiger partial charge in [-0.25, -0.2) is 9.52 Å². The van der Waals surface area contributed by atoms with Crippen LogP contribution in [-0.4, -0.2) is 38.4 Å². The van der Waals surface area contributed by atoms with E-state index in [2.05, 4.69) is 25.6 Å². The number of halogens is 3. The monoisotopic (exact) mass is 560 g/mol. The van der Waals surface area contributed by atoms with Crippen molar-refractivity contribution in [2.24, 2.45) is 12.0 Å². The summed E-state index contributed by atoms with van der Waals surface area (Å²) in [4.78, 5) is 30.6. The molecule has 2 N–H and O–H groups in total. The first kappa shape index (κ1) is 26.5. The molecule has 32 heavy (non-hydrogen) atoms. The van der Waals surface area contributed by atoms with Gasteiger partial charge in [0, 0.05) is 43.1 Å². The lowest BCUT2D eigenvalue weighted by atomic mass is 10.0. The lowest BCUT2D eigenvalue weighted by molar-refractivity contribution is -0.131. The third-order valence-electron chi connectivity index (χ3n) is 4.35. The second-order valence-electron chi connectivity index (χ2n) is 7.01. The Kier molecular flexibility index (Phi) is 9.84. The van der Waals surface area contributed by atoms with Crippen LogP contribution in [0.4, 0.5) is 0 Å². The van der Waals surface area contributed by atoms with Crippen molar-refractivity contribution in [2.45, 2.75) is 30.8 Å². The number of benzene rings is 1. The van der Waals surface area contributed by atoms with Gasteiger partial charge in [-0.3, -0.25) is 9.79 Å². The van der Waals surface area contributed by atoms with Crippen molar-refractivity contribution in [1.29, 1.82) is 0 Å². The highest BCUT2D eigenvalue weighted by Gasteiger charge is 2.28. The van der Waals surface area contributed by atoms with Crippen LogP contribution in [-0.2, 0) is 11.8 Å². The van der Waals surface area contributed by atoms with Crippen LogP contribution in [0.3, 0.4) is 0 Å². The Hall–Kier alpha value is -1.78. The summed E-state index contributed by atoms with van der Waals surface area (Å²) in [5.74, 6) is -1.12. The molecule has 0 aliphatic carbocycles. The molecular weight excluding hydrogens is 539 g/mol. The maximum absolute atomic E-state index is 12.5. The molecule has 0 saturated heterocycles. The fraction of sp³-hybridized carbons (Fsp3) is 0.286. The largest absolute Gasteiger partial charge is 0.478 e. The van der Waals surface area contributed by atoms with Gasteiger partial charge in [-0.1, -0.05) is 35.3 Å². The van der Waals surface area contributed by atoms with Crippen LogP contribution in [0.5, 0.6) is 0 Å². The average molecular weight is 562 g/mol. The molecule has 0 bridgehead atoms.